The maximum absolute atomic E-state index is 13.2. The molecule has 0 spiro atoms. The Morgan fingerprint density at radius 2 is 1.70 bits per heavy atom. The van der Waals surface area contributed by atoms with E-state index < -0.39 is 10.0 Å². The molecule has 0 aliphatic carbocycles. The van der Waals surface area contributed by atoms with Crippen LogP contribution in [0.3, 0.4) is 0 Å². The van der Waals surface area contributed by atoms with E-state index in [-0.39, 0.29) is 10.8 Å². The first kappa shape index (κ1) is 22.3. The molecule has 0 saturated carbocycles. The fourth-order valence-corrected chi connectivity index (χ4v) is 6.79. The van der Waals surface area contributed by atoms with Gasteiger partial charge in [0, 0.05) is 30.9 Å². The van der Waals surface area contributed by atoms with Crippen LogP contribution in [0.5, 0.6) is 0 Å². The molecule has 1 aromatic heterocycles. The number of amides is 1. The number of piperidine rings is 1. The highest BCUT2D eigenvalue weighted by Crippen LogP contribution is 2.33. The van der Waals surface area contributed by atoms with Gasteiger partial charge < -0.3 is 15.0 Å². The lowest BCUT2D eigenvalue weighted by molar-refractivity contribution is 0.0730. The lowest BCUT2D eigenvalue weighted by Crippen LogP contribution is -2.40. The highest BCUT2D eigenvalue weighted by Gasteiger charge is 2.28. The van der Waals surface area contributed by atoms with Gasteiger partial charge in [-0.05, 0) is 55.0 Å². The van der Waals surface area contributed by atoms with E-state index in [1.807, 2.05) is 36.4 Å². The smallest absolute Gasteiger partial charge is 0.265 e. The highest BCUT2D eigenvalue weighted by atomic mass is 32.2. The number of carbonyl (C=O) groups is 1. The summed E-state index contributed by atoms with van der Waals surface area (Å²) in [6.45, 7) is 3.23. The van der Waals surface area contributed by atoms with E-state index in [4.69, 9.17) is 4.74 Å². The lowest BCUT2D eigenvalue weighted by Gasteiger charge is -2.31. The molecule has 0 radical (unpaired) electrons. The molecule has 0 atom stereocenters. The van der Waals surface area contributed by atoms with E-state index in [0.29, 0.717) is 36.9 Å². The van der Waals surface area contributed by atoms with Crippen molar-refractivity contribution in [2.75, 3.05) is 49.6 Å². The average Bonchev–Trinajstić information content (AvgIpc) is 3.30. The van der Waals surface area contributed by atoms with Crippen molar-refractivity contribution in [3.8, 4) is 0 Å². The quantitative estimate of drug-likeness (QED) is 0.587. The van der Waals surface area contributed by atoms with E-state index in [1.54, 1.807) is 12.1 Å². The minimum Gasteiger partial charge on any atom is -0.379 e. The minimum atomic E-state index is -3.67. The van der Waals surface area contributed by atoms with Crippen molar-refractivity contribution in [1.29, 1.82) is 0 Å². The van der Waals surface area contributed by atoms with Crippen molar-refractivity contribution in [3.63, 3.8) is 0 Å². The van der Waals surface area contributed by atoms with Crippen LogP contribution in [0.25, 0.3) is 10.1 Å². The Morgan fingerprint density at radius 3 is 2.45 bits per heavy atom. The van der Waals surface area contributed by atoms with Crippen LogP contribution in [0, 0.1) is 0 Å². The van der Waals surface area contributed by atoms with Crippen LogP contribution in [0.15, 0.2) is 53.4 Å². The van der Waals surface area contributed by atoms with E-state index in [2.05, 4.69) is 10.2 Å². The molecular weight excluding hydrogens is 458 g/mol. The van der Waals surface area contributed by atoms with Gasteiger partial charge in [-0.2, -0.15) is 4.31 Å². The van der Waals surface area contributed by atoms with Gasteiger partial charge in [0.2, 0.25) is 10.0 Å². The summed E-state index contributed by atoms with van der Waals surface area (Å²) in [6, 6.07) is 14.9. The number of anilines is 2. The number of thiophene rings is 1. The Labute approximate surface area is 198 Å². The monoisotopic (exact) mass is 485 g/mol. The highest BCUT2D eigenvalue weighted by molar-refractivity contribution is 7.89. The molecular formula is C24H27N3O4S2. The number of nitrogens with one attached hydrogen (secondary N) is 1. The number of rotatable bonds is 5. The van der Waals surface area contributed by atoms with Crippen LogP contribution < -0.4 is 10.2 Å². The summed E-state index contributed by atoms with van der Waals surface area (Å²) in [5, 5.41) is 4.04. The Kier molecular flexibility index (Phi) is 6.38. The molecule has 2 aliphatic rings. The molecule has 1 amide bonds. The van der Waals surface area contributed by atoms with Gasteiger partial charge in [0.15, 0.2) is 0 Å². The largest absolute Gasteiger partial charge is 0.379 e. The van der Waals surface area contributed by atoms with Crippen LogP contribution in [0.2, 0.25) is 0 Å². The second kappa shape index (κ2) is 9.42. The molecule has 1 N–H and O–H groups in total. The summed E-state index contributed by atoms with van der Waals surface area (Å²) < 4.78 is 34.3. The number of morpholine rings is 1. The Morgan fingerprint density at radius 1 is 0.939 bits per heavy atom. The molecule has 9 heteroatoms. The van der Waals surface area contributed by atoms with Gasteiger partial charge in [-0.25, -0.2) is 8.42 Å². The number of sulfonamides is 1. The first-order chi connectivity index (χ1) is 16.0. The molecule has 0 unspecified atom stereocenters. The molecule has 2 saturated heterocycles. The van der Waals surface area contributed by atoms with Crippen molar-refractivity contribution in [3.05, 3.63) is 53.4 Å². The van der Waals surface area contributed by atoms with Gasteiger partial charge >= 0.3 is 0 Å². The molecule has 3 aromatic rings. The van der Waals surface area contributed by atoms with Crippen LogP contribution in [-0.2, 0) is 14.8 Å². The summed E-state index contributed by atoms with van der Waals surface area (Å²) in [6.07, 6.45) is 3.35. The third kappa shape index (κ3) is 4.63. The maximum atomic E-state index is 13.2. The van der Waals surface area contributed by atoms with E-state index >= 15 is 0 Å². The fraction of sp³-hybridized carbons (Fsp3) is 0.375. The van der Waals surface area contributed by atoms with E-state index in [1.165, 1.54) is 22.1 Å². The van der Waals surface area contributed by atoms with Gasteiger partial charge in [-0.15, -0.1) is 11.3 Å². The summed E-state index contributed by atoms with van der Waals surface area (Å²) in [5.74, 6) is -0.227. The molecule has 33 heavy (non-hydrogen) atoms. The Balaban J connectivity index is 1.49. The van der Waals surface area contributed by atoms with Crippen molar-refractivity contribution in [2.24, 2.45) is 0 Å². The van der Waals surface area contributed by atoms with E-state index in [9.17, 15) is 13.2 Å². The van der Waals surface area contributed by atoms with Crippen molar-refractivity contribution >= 4 is 48.7 Å². The average molecular weight is 486 g/mol. The first-order valence-corrected chi connectivity index (χ1v) is 13.5. The third-order valence-electron chi connectivity index (χ3n) is 6.17. The molecule has 2 fully saturated rings. The molecule has 174 valence electrons. The predicted octanol–water partition coefficient (Wildman–Crippen LogP) is 4.16. The standard InChI is InChI=1S/C24H27N3O4S2/c28-24(23-16-18-6-2-3-7-22(18)32-23)25-20-17-19(33(29,30)27-12-14-31-15-13-27)8-9-21(20)26-10-4-1-5-11-26/h2-3,6-9,16-17H,1,4-5,10-15H2,(H,25,28). The lowest BCUT2D eigenvalue weighted by atomic mass is 10.1. The molecule has 3 heterocycles. The van der Waals surface area contributed by atoms with Gasteiger partial charge in [-0.3, -0.25) is 4.79 Å². The summed E-state index contributed by atoms with van der Waals surface area (Å²) in [5.41, 5.74) is 1.40. The number of fused-ring (bicyclic) bond motifs is 1. The third-order valence-corrected chi connectivity index (χ3v) is 9.18. The first-order valence-electron chi connectivity index (χ1n) is 11.3. The molecule has 5 rings (SSSR count). The van der Waals surface area contributed by atoms with Gasteiger partial charge in [0.05, 0.1) is 34.4 Å². The van der Waals surface area contributed by atoms with Crippen LogP contribution in [-0.4, -0.2) is 58.0 Å². The molecule has 7 nitrogen and oxygen atoms in total. The fourth-order valence-electron chi connectivity index (χ4n) is 4.40. The molecule has 0 bridgehead atoms. The summed E-state index contributed by atoms with van der Waals surface area (Å²) in [7, 11) is -3.67. The minimum absolute atomic E-state index is 0.191. The van der Waals surface area contributed by atoms with Crippen molar-refractivity contribution in [2.45, 2.75) is 24.2 Å². The number of ether oxygens (including phenoxy) is 1. The Bertz CT molecular complexity index is 1230. The summed E-state index contributed by atoms with van der Waals surface area (Å²) in [4.78, 5) is 16.2. The van der Waals surface area contributed by atoms with Gasteiger partial charge in [0.1, 0.15) is 0 Å². The zero-order chi connectivity index (χ0) is 22.8. The second-order valence-electron chi connectivity index (χ2n) is 8.35. The number of nitrogens with zero attached hydrogens (tertiary/aromatic N) is 2. The zero-order valence-corrected chi connectivity index (χ0v) is 20.0. The zero-order valence-electron chi connectivity index (χ0n) is 18.3. The normalized spacial score (nSPS) is 17.9. The van der Waals surface area contributed by atoms with Crippen LogP contribution in [0.1, 0.15) is 28.9 Å². The Hall–Kier alpha value is -2.46. The topological polar surface area (TPSA) is 79.0 Å². The van der Waals surface area contributed by atoms with E-state index in [0.717, 1.165) is 41.7 Å². The predicted molar refractivity (Wildman–Crippen MR) is 132 cm³/mol. The molecule has 2 aliphatic heterocycles. The number of hydrogen-bond acceptors (Lipinski definition) is 6. The second-order valence-corrected chi connectivity index (χ2v) is 11.4. The summed E-state index contributed by atoms with van der Waals surface area (Å²) >= 11 is 1.43. The van der Waals surface area contributed by atoms with Crippen molar-refractivity contribution in [1.82, 2.24) is 4.31 Å². The van der Waals surface area contributed by atoms with Gasteiger partial charge in [-0.1, -0.05) is 18.2 Å². The molecule has 2 aromatic carbocycles. The number of benzene rings is 2. The SMILES string of the molecule is O=C(Nc1cc(S(=O)(=O)N2CCOCC2)ccc1N1CCCCC1)c1cc2ccccc2s1. The van der Waals surface area contributed by atoms with Gasteiger partial charge in [0.25, 0.3) is 5.91 Å². The maximum Gasteiger partial charge on any atom is 0.265 e. The number of carbonyl (C=O) groups excluding carboxylic acids is 1. The van der Waals surface area contributed by atoms with Crippen LogP contribution in [0.4, 0.5) is 11.4 Å². The number of hydrogen-bond donors (Lipinski definition) is 1. The van der Waals surface area contributed by atoms with Crippen molar-refractivity contribution < 1.29 is 17.9 Å². The van der Waals surface area contributed by atoms with Crippen LogP contribution >= 0.6 is 11.3 Å².